The Kier molecular flexibility index (Phi) is 7.87. The van der Waals surface area contributed by atoms with Crippen molar-refractivity contribution < 1.29 is 9.47 Å². The fourth-order valence-corrected chi connectivity index (χ4v) is 2.41. The molecule has 1 aromatic carbocycles. The van der Waals surface area contributed by atoms with Gasteiger partial charge >= 0.3 is 0 Å². The highest BCUT2D eigenvalue weighted by atomic mass is 32.2. The molecule has 116 valence electrons. The molecular formula is C17H20N2O2S. The van der Waals surface area contributed by atoms with Crippen LogP contribution in [0.25, 0.3) is 0 Å². The summed E-state index contributed by atoms with van der Waals surface area (Å²) in [5.74, 6) is 1.11. The second kappa shape index (κ2) is 9.69. The molecule has 1 aromatic heterocycles. The summed E-state index contributed by atoms with van der Waals surface area (Å²) in [4.78, 5) is 5.21. The molecule has 0 saturated carbocycles. The van der Waals surface area contributed by atoms with E-state index in [2.05, 4.69) is 4.98 Å². The van der Waals surface area contributed by atoms with Crippen molar-refractivity contribution >= 4 is 11.8 Å². The minimum Gasteiger partial charge on any atom is -0.472 e. The van der Waals surface area contributed by atoms with Crippen molar-refractivity contribution in [2.75, 3.05) is 6.26 Å². The molecule has 2 rings (SSSR count). The highest BCUT2D eigenvalue weighted by Crippen LogP contribution is 2.30. The first-order valence-electron chi connectivity index (χ1n) is 7.02. The van der Waals surface area contributed by atoms with Crippen LogP contribution in [0.2, 0.25) is 0 Å². The highest BCUT2D eigenvalue weighted by molar-refractivity contribution is 7.98. The van der Waals surface area contributed by atoms with Crippen LogP contribution in [0.15, 0.2) is 41.4 Å². The van der Waals surface area contributed by atoms with Crippen LogP contribution in [-0.4, -0.2) is 11.2 Å². The quantitative estimate of drug-likeness (QED) is 0.597. The standard InChI is InChI=1S/C15H14N2O2S.C2H6/c1-11-5-4-8-17-15(11)18-9-12-13(19-10-16)6-3-7-14(12)20-2;1-2/h3-8H,9H2,1-2H3;1-2H3. The molecular weight excluding hydrogens is 296 g/mol. The maximum Gasteiger partial charge on any atom is 0.292 e. The largest absolute Gasteiger partial charge is 0.472 e. The molecule has 0 bridgehead atoms. The van der Waals surface area contributed by atoms with Gasteiger partial charge in [-0.05, 0) is 31.4 Å². The Morgan fingerprint density at radius 1 is 1.23 bits per heavy atom. The molecule has 0 unspecified atom stereocenters. The number of ether oxygens (including phenoxy) is 2. The Bertz CT molecular complexity index is 639. The maximum atomic E-state index is 8.70. The van der Waals surface area contributed by atoms with E-state index in [-0.39, 0.29) is 0 Å². The summed E-state index contributed by atoms with van der Waals surface area (Å²) in [6.45, 7) is 6.25. The van der Waals surface area contributed by atoms with Crippen LogP contribution in [0.3, 0.4) is 0 Å². The van der Waals surface area contributed by atoms with E-state index in [1.165, 1.54) is 0 Å². The van der Waals surface area contributed by atoms with Crippen molar-refractivity contribution in [2.45, 2.75) is 32.3 Å². The smallest absolute Gasteiger partial charge is 0.292 e. The predicted molar refractivity (Wildman–Crippen MR) is 89.1 cm³/mol. The van der Waals surface area contributed by atoms with Gasteiger partial charge in [0.2, 0.25) is 5.88 Å². The number of thioether (sulfide) groups is 1. The van der Waals surface area contributed by atoms with Crippen LogP contribution in [0, 0.1) is 18.4 Å². The maximum absolute atomic E-state index is 8.70. The molecule has 2 aromatic rings. The first kappa shape index (κ1) is 17.9. The van der Waals surface area contributed by atoms with Gasteiger partial charge < -0.3 is 9.47 Å². The summed E-state index contributed by atoms with van der Waals surface area (Å²) in [5.41, 5.74) is 1.82. The fourth-order valence-electron chi connectivity index (χ4n) is 1.79. The van der Waals surface area contributed by atoms with E-state index in [0.29, 0.717) is 18.2 Å². The van der Waals surface area contributed by atoms with Gasteiger partial charge in [-0.3, -0.25) is 0 Å². The molecule has 0 aliphatic rings. The average Bonchev–Trinajstić information content (AvgIpc) is 2.57. The minimum absolute atomic E-state index is 0.311. The van der Waals surface area contributed by atoms with Gasteiger partial charge in [-0.25, -0.2) is 4.98 Å². The molecule has 0 N–H and O–H groups in total. The molecule has 0 amide bonds. The highest BCUT2D eigenvalue weighted by Gasteiger charge is 2.11. The number of rotatable bonds is 5. The van der Waals surface area contributed by atoms with Crippen LogP contribution in [0.1, 0.15) is 25.0 Å². The van der Waals surface area contributed by atoms with Crippen molar-refractivity contribution in [3.63, 3.8) is 0 Å². The predicted octanol–water partition coefficient (Wildman–Crippen LogP) is 4.58. The number of hydrogen-bond donors (Lipinski definition) is 0. The van der Waals surface area contributed by atoms with Crippen molar-refractivity contribution in [3.8, 4) is 17.9 Å². The van der Waals surface area contributed by atoms with E-state index in [4.69, 9.17) is 14.7 Å². The minimum atomic E-state index is 0.311. The fraction of sp³-hybridized carbons (Fsp3) is 0.294. The van der Waals surface area contributed by atoms with E-state index in [0.717, 1.165) is 16.0 Å². The first-order valence-corrected chi connectivity index (χ1v) is 8.25. The molecule has 4 nitrogen and oxygen atoms in total. The summed E-state index contributed by atoms with van der Waals surface area (Å²) in [7, 11) is 0. The van der Waals surface area contributed by atoms with E-state index < -0.39 is 0 Å². The van der Waals surface area contributed by atoms with Gasteiger partial charge in [0.25, 0.3) is 6.26 Å². The molecule has 0 fully saturated rings. The number of hydrogen-bond acceptors (Lipinski definition) is 5. The second-order valence-corrected chi connectivity index (χ2v) is 4.89. The lowest BCUT2D eigenvalue weighted by atomic mass is 10.2. The summed E-state index contributed by atoms with van der Waals surface area (Å²) < 4.78 is 10.7. The number of pyridine rings is 1. The summed E-state index contributed by atoms with van der Waals surface area (Å²) in [6.07, 6.45) is 5.37. The Hall–Kier alpha value is -2.19. The zero-order valence-corrected chi connectivity index (χ0v) is 14.1. The first-order chi connectivity index (χ1) is 10.8. The Labute approximate surface area is 136 Å². The molecule has 0 aliphatic carbocycles. The lowest BCUT2D eigenvalue weighted by molar-refractivity contribution is 0.284. The van der Waals surface area contributed by atoms with E-state index in [1.54, 1.807) is 30.3 Å². The zero-order chi connectivity index (χ0) is 16.4. The lowest BCUT2D eigenvalue weighted by Gasteiger charge is -2.12. The number of nitrogens with zero attached hydrogens (tertiary/aromatic N) is 2. The molecule has 0 aliphatic heterocycles. The molecule has 1 heterocycles. The summed E-state index contributed by atoms with van der Waals surface area (Å²) in [5, 5.41) is 8.70. The molecule has 22 heavy (non-hydrogen) atoms. The van der Waals surface area contributed by atoms with Gasteiger partial charge in [-0.2, -0.15) is 0 Å². The van der Waals surface area contributed by atoms with Crippen molar-refractivity contribution in [1.82, 2.24) is 4.98 Å². The third-order valence-electron chi connectivity index (χ3n) is 2.78. The SMILES string of the molecule is CC.CSc1cccc(OC#N)c1COc1ncccc1C. The van der Waals surface area contributed by atoms with Crippen LogP contribution < -0.4 is 9.47 Å². The lowest BCUT2D eigenvalue weighted by Crippen LogP contribution is -2.02. The molecule has 0 radical (unpaired) electrons. The number of nitriles is 1. The Balaban J connectivity index is 0.00000116. The normalized spacial score (nSPS) is 9.23. The van der Waals surface area contributed by atoms with Crippen molar-refractivity contribution in [3.05, 3.63) is 47.7 Å². The van der Waals surface area contributed by atoms with Gasteiger partial charge in [-0.15, -0.1) is 17.0 Å². The topological polar surface area (TPSA) is 55.1 Å². The second-order valence-electron chi connectivity index (χ2n) is 4.04. The number of aryl methyl sites for hydroxylation is 1. The molecule has 0 atom stereocenters. The average molecular weight is 316 g/mol. The summed E-state index contributed by atoms with van der Waals surface area (Å²) >= 11 is 1.58. The monoisotopic (exact) mass is 316 g/mol. The van der Waals surface area contributed by atoms with Crippen LogP contribution >= 0.6 is 11.8 Å². The molecule has 0 spiro atoms. The van der Waals surface area contributed by atoms with Gasteiger partial charge in [0.15, 0.2) is 0 Å². The van der Waals surface area contributed by atoms with Crippen molar-refractivity contribution in [2.24, 2.45) is 0 Å². The molecule has 5 heteroatoms. The van der Waals surface area contributed by atoms with Crippen molar-refractivity contribution in [1.29, 1.82) is 5.26 Å². The Morgan fingerprint density at radius 3 is 2.64 bits per heavy atom. The van der Waals surface area contributed by atoms with Crippen LogP contribution in [0.5, 0.6) is 11.6 Å². The van der Waals surface area contributed by atoms with Gasteiger partial charge in [0.05, 0.1) is 0 Å². The van der Waals surface area contributed by atoms with Gasteiger partial charge in [0, 0.05) is 22.2 Å². The third-order valence-corrected chi connectivity index (χ3v) is 3.60. The Morgan fingerprint density at radius 2 is 2.00 bits per heavy atom. The van der Waals surface area contributed by atoms with Crippen LogP contribution in [-0.2, 0) is 6.61 Å². The summed E-state index contributed by atoms with van der Waals surface area (Å²) in [6, 6.07) is 9.39. The van der Waals surface area contributed by atoms with E-state index >= 15 is 0 Å². The van der Waals surface area contributed by atoms with Gasteiger partial charge in [-0.1, -0.05) is 26.0 Å². The van der Waals surface area contributed by atoms with Crippen LogP contribution in [0.4, 0.5) is 0 Å². The van der Waals surface area contributed by atoms with Gasteiger partial charge in [0.1, 0.15) is 12.4 Å². The number of benzene rings is 1. The third kappa shape index (κ3) is 4.68. The zero-order valence-electron chi connectivity index (χ0n) is 13.3. The van der Waals surface area contributed by atoms with E-state index in [1.807, 2.05) is 51.3 Å². The van der Waals surface area contributed by atoms with E-state index in [9.17, 15) is 0 Å². The number of aromatic nitrogens is 1. The molecule has 0 saturated heterocycles.